The van der Waals surface area contributed by atoms with Crippen molar-refractivity contribution in [3.05, 3.63) is 29.3 Å². The molecule has 2 N–H and O–H groups in total. The lowest BCUT2D eigenvalue weighted by Crippen LogP contribution is -2.39. The van der Waals surface area contributed by atoms with Crippen LogP contribution < -0.4 is 15.4 Å². The average Bonchev–Trinajstić information content (AvgIpc) is 2.49. The molecule has 116 valence electrons. The summed E-state index contributed by atoms with van der Waals surface area (Å²) in [5.41, 5.74) is 0. The predicted molar refractivity (Wildman–Crippen MR) is 82.5 cm³/mol. The third kappa shape index (κ3) is 8.19. The van der Waals surface area contributed by atoms with Crippen LogP contribution in [0.1, 0.15) is 26.2 Å². The molecule has 0 bridgehead atoms. The minimum absolute atomic E-state index is 0.0328. The Kier molecular flexibility index (Phi) is 8.28. The molecule has 21 heavy (non-hydrogen) atoms. The van der Waals surface area contributed by atoms with Crippen molar-refractivity contribution in [3.8, 4) is 5.75 Å². The molecule has 0 aromatic heterocycles. The van der Waals surface area contributed by atoms with Crippen molar-refractivity contribution in [2.75, 3.05) is 19.7 Å². The van der Waals surface area contributed by atoms with Crippen LogP contribution in [0, 0.1) is 0 Å². The molecule has 0 unspecified atom stereocenters. The summed E-state index contributed by atoms with van der Waals surface area (Å²) in [6, 6.07) is 6.71. The molecule has 0 spiro atoms. The molecular formula is C15H21ClN2O3. The molecule has 0 aliphatic carbocycles. The van der Waals surface area contributed by atoms with E-state index in [2.05, 4.69) is 17.6 Å². The number of benzene rings is 1. The van der Waals surface area contributed by atoms with Crippen LogP contribution in [0.15, 0.2) is 24.3 Å². The quantitative estimate of drug-likeness (QED) is 0.687. The molecule has 0 fully saturated rings. The summed E-state index contributed by atoms with van der Waals surface area (Å²) < 4.78 is 5.27. The van der Waals surface area contributed by atoms with Crippen molar-refractivity contribution in [1.29, 1.82) is 0 Å². The van der Waals surface area contributed by atoms with Crippen molar-refractivity contribution >= 4 is 23.4 Å². The number of carbonyl (C=O) groups excluding carboxylic acids is 2. The van der Waals surface area contributed by atoms with E-state index in [4.69, 9.17) is 16.3 Å². The van der Waals surface area contributed by atoms with E-state index in [1.165, 1.54) is 0 Å². The van der Waals surface area contributed by atoms with Crippen LogP contribution in [-0.2, 0) is 9.59 Å². The maximum atomic E-state index is 11.5. The first-order valence-electron chi connectivity index (χ1n) is 7.03. The van der Waals surface area contributed by atoms with Gasteiger partial charge in [0, 0.05) is 11.6 Å². The summed E-state index contributed by atoms with van der Waals surface area (Å²) in [6.45, 7) is 2.58. The second-order valence-corrected chi connectivity index (χ2v) is 5.01. The number of nitrogens with one attached hydrogen (secondary N) is 2. The third-order valence-electron chi connectivity index (χ3n) is 2.73. The van der Waals surface area contributed by atoms with Crippen LogP contribution in [-0.4, -0.2) is 31.5 Å². The average molecular weight is 313 g/mol. The number of ether oxygens (including phenoxy) is 1. The van der Waals surface area contributed by atoms with Gasteiger partial charge in [0.2, 0.25) is 5.91 Å². The zero-order valence-electron chi connectivity index (χ0n) is 12.2. The molecule has 5 nitrogen and oxygen atoms in total. The normalized spacial score (nSPS) is 10.0. The van der Waals surface area contributed by atoms with Gasteiger partial charge in [-0.2, -0.15) is 0 Å². The van der Waals surface area contributed by atoms with Gasteiger partial charge in [-0.05, 0) is 30.7 Å². The number of carbonyl (C=O) groups is 2. The Morgan fingerprint density at radius 1 is 1.10 bits per heavy atom. The summed E-state index contributed by atoms with van der Waals surface area (Å²) in [4.78, 5) is 23.0. The number of hydrogen-bond donors (Lipinski definition) is 2. The summed E-state index contributed by atoms with van der Waals surface area (Å²) in [5.74, 6) is 0.0261. The van der Waals surface area contributed by atoms with Gasteiger partial charge in [-0.15, -0.1) is 0 Å². The van der Waals surface area contributed by atoms with E-state index in [1.54, 1.807) is 24.3 Å². The van der Waals surface area contributed by atoms with E-state index in [0.29, 0.717) is 17.3 Å². The minimum Gasteiger partial charge on any atom is -0.484 e. The SMILES string of the molecule is CCCCCNC(=O)CNC(=O)COc1ccc(Cl)cc1. The van der Waals surface area contributed by atoms with Crippen LogP contribution >= 0.6 is 11.6 Å². The maximum absolute atomic E-state index is 11.5. The molecule has 6 heteroatoms. The Morgan fingerprint density at radius 2 is 1.81 bits per heavy atom. The fourth-order valence-corrected chi connectivity index (χ4v) is 1.70. The fraction of sp³-hybridized carbons (Fsp3) is 0.467. The highest BCUT2D eigenvalue weighted by Crippen LogP contribution is 2.15. The van der Waals surface area contributed by atoms with Crippen LogP contribution in [0.4, 0.5) is 0 Å². The number of halogens is 1. The lowest BCUT2D eigenvalue weighted by atomic mass is 10.2. The first kappa shape index (κ1) is 17.3. The number of rotatable bonds is 9. The van der Waals surface area contributed by atoms with Gasteiger partial charge < -0.3 is 15.4 Å². The van der Waals surface area contributed by atoms with E-state index < -0.39 is 0 Å². The number of unbranched alkanes of at least 4 members (excludes halogenated alkanes) is 2. The van der Waals surface area contributed by atoms with Crippen molar-refractivity contribution in [2.45, 2.75) is 26.2 Å². The smallest absolute Gasteiger partial charge is 0.258 e. The van der Waals surface area contributed by atoms with Crippen molar-refractivity contribution in [2.24, 2.45) is 0 Å². The van der Waals surface area contributed by atoms with Gasteiger partial charge in [-0.25, -0.2) is 0 Å². The predicted octanol–water partition coefficient (Wildman–Crippen LogP) is 2.14. The number of hydrogen-bond acceptors (Lipinski definition) is 3. The lowest BCUT2D eigenvalue weighted by Gasteiger charge is -2.08. The molecule has 1 aromatic rings. The molecule has 1 aromatic carbocycles. The molecule has 0 heterocycles. The van der Waals surface area contributed by atoms with Crippen LogP contribution in [0.25, 0.3) is 0 Å². The molecule has 0 radical (unpaired) electrons. The summed E-state index contributed by atoms with van der Waals surface area (Å²) in [6.07, 6.45) is 3.14. The molecule has 0 aliphatic rings. The van der Waals surface area contributed by atoms with Crippen molar-refractivity contribution in [1.82, 2.24) is 10.6 Å². The molecule has 0 atom stereocenters. The fourth-order valence-electron chi connectivity index (χ4n) is 1.57. The van der Waals surface area contributed by atoms with Gasteiger partial charge in [0.15, 0.2) is 6.61 Å². The van der Waals surface area contributed by atoms with Crippen LogP contribution in [0.5, 0.6) is 5.75 Å². The lowest BCUT2D eigenvalue weighted by molar-refractivity contribution is -0.127. The molecule has 0 saturated carbocycles. The Labute approximate surface area is 130 Å². The maximum Gasteiger partial charge on any atom is 0.258 e. The largest absolute Gasteiger partial charge is 0.484 e. The van der Waals surface area contributed by atoms with Gasteiger partial charge in [0.1, 0.15) is 5.75 Å². The molecule has 0 aliphatic heterocycles. The molecule has 0 saturated heterocycles. The van der Waals surface area contributed by atoms with Gasteiger partial charge in [-0.1, -0.05) is 31.4 Å². The first-order chi connectivity index (χ1) is 10.1. The van der Waals surface area contributed by atoms with E-state index in [1.807, 2.05) is 0 Å². The Balaban J connectivity index is 2.13. The van der Waals surface area contributed by atoms with Gasteiger partial charge in [0.25, 0.3) is 5.91 Å². The Morgan fingerprint density at radius 3 is 2.48 bits per heavy atom. The van der Waals surface area contributed by atoms with Crippen LogP contribution in [0.3, 0.4) is 0 Å². The second kappa shape index (κ2) is 10.0. The summed E-state index contributed by atoms with van der Waals surface area (Å²) in [7, 11) is 0. The highest BCUT2D eigenvalue weighted by Gasteiger charge is 2.06. The highest BCUT2D eigenvalue weighted by molar-refractivity contribution is 6.30. The molecule has 1 rings (SSSR count). The summed E-state index contributed by atoms with van der Waals surface area (Å²) in [5, 5.41) is 5.85. The topological polar surface area (TPSA) is 67.4 Å². The Bertz CT molecular complexity index is 449. The second-order valence-electron chi connectivity index (χ2n) is 4.58. The monoisotopic (exact) mass is 312 g/mol. The first-order valence-corrected chi connectivity index (χ1v) is 7.41. The van der Waals surface area contributed by atoms with Crippen molar-refractivity contribution < 1.29 is 14.3 Å². The molecular weight excluding hydrogens is 292 g/mol. The zero-order valence-corrected chi connectivity index (χ0v) is 12.9. The Hall–Kier alpha value is -1.75. The third-order valence-corrected chi connectivity index (χ3v) is 2.98. The highest BCUT2D eigenvalue weighted by atomic mass is 35.5. The summed E-state index contributed by atoms with van der Waals surface area (Å²) >= 11 is 5.74. The standard InChI is InChI=1S/C15H21ClN2O3/c1-2-3-4-9-17-14(19)10-18-15(20)11-21-13-7-5-12(16)6-8-13/h5-8H,2-4,9-11H2,1H3,(H,17,19)(H,18,20). The molecule has 2 amide bonds. The van der Waals surface area contributed by atoms with Gasteiger partial charge in [0.05, 0.1) is 6.54 Å². The van der Waals surface area contributed by atoms with E-state index >= 15 is 0 Å². The van der Waals surface area contributed by atoms with Crippen LogP contribution in [0.2, 0.25) is 5.02 Å². The van der Waals surface area contributed by atoms with Gasteiger partial charge in [-0.3, -0.25) is 9.59 Å². The van der Waals surface area contributed by atoms with Crippen molar-refractivity contribution in [3.63, 3.8) is 0 Å². The zero-order chi connectivity index (χ0) is 15.5. The minimum atomic E-state index is -0.339. The van der Waals surface area contributed by atoms with E-state index in [-0.39, 0.29) is 25.0 Å². The van der Waals surface area contributed by atoms with E-state index in [9.17, 15) is 9.59 Å². The number of amides is 2. The van der Waals surface area contributed by atoms with Gasteiger partial charge >= 0.3 is 0 Å². The van der Waals surface area contributed by atoms with E-state index in [0.717, 1.165) is 19.3 Å².